The zero-order valence-electron chi connectivity index (χ0n) is 9.25. The standard InChI is InChI=1S/C9H9F7O2/c1-4-6(2,3)18-5(17)7(10,11)8(12,13)9(14,15)16/h4H,1H2,2-3H3. The molecular weight excluding hydrogens is 273 g/mol. The van der Waals surface area contributed by atoms with Gasteiger partial charge in [0.05, 0.1) is 0 Å². The van der Waals surface area contributed by atoms with Crippen LogP contribution in [0.25, 0.3) is 0 Å². The third kappa shape index (κ3) is 2.94. The Kier molecular flexibility index (Phi) is 4.12. The van der Waals surface area contributed by atoms with Crippen molar-refractivity contribution in [3.63, 3.8) is 0 Å². The first-order valence-electron chi connectivity index (χ1n) is 4.38. The summed E-state index contributed by atoms with van der Waals surface area (Å²) in [6.45, 7) is 5.02. The van der Waals surface area contributed by atoms with Gasteiger partial charge in [0.2, 0.25) is 0 Å². The first-order valence-corrected chi connectivity index (χ1v) is 4.38. The second-order valence-corrected chi connectivity index (χ2v) is 3.84. The third-order valence-electron chi connectivity index (χ3n) is 1.85. The van der Waals surface area contributed by atoms with Gasteiger partial charge in [-0.15, -0.1) is 0 Å². The van der Waals surface area contributed by atoms with Gasteiger partial charge < -0.3 is 4.74 Å². The molecule has 0 saturated carbocycles. The van der Waals surface area contributed by atoms with Crippen LogP contribution in [0.2, 0.25) is 0 Å². The van der Waals surface area contributed by atoms with Crippen LogP contribution in [0.1, 0.15) is 13.8 Å². The van der Waals surface area contributed by atoms with E-state index in [0.29, 0.717) is 0 Å². The quantitative estimate of drug-likeness (QED) is 0.449. The molecular formula is C9H9F7O2. The lowest BCUT2D eigenvalue weighted by molar-refractivity contribution is -0.349. The van der Waals surface area contributed by atoms with Crippen LogP contribution < -0.4 is 0 Å². The summed E-state index contributed by atoms with van der Waals surface area (Å²) in [5.41, 5.74) is -1.80. The fourth-order valence-corrected chi connectivity index (χ4v) is 0.651. The van der Waals surface area contributed by atoms with Crippen molar-refractivity contribution in [1.82, 2.24) is 0 Å². The third-order valence-corrected chi connectivity index (χ3v) is 1.85. The van der Waals surface area contributed by atoms with Crippen molar-refractivity contribution in [2.24, 2.45) is 0 Å². The Hall–Kier alpha value is -1.28. The number of carbonyl (C=O) groups excluding carboxylic acids is 1. The van der Waals surface area contributed by atoms with Crippen LogP contribution in [0.3, 0.4) is 0 Å². The summed E-state index contributed by atoms with van der Waals surface area (Å²) in [5, 5.41) is 0. The van der Waals surface area contributed by atoms with Crippen molar-refractivity contribution in [3.8, 4) is 0 Å². The number of ether oxygens (including phenoxy) is 1. The van der Waals surface area contributed by atoms with Crippen molar-refractivity contribution >= 4 is 5.97 Å². The van der Waals surface area contributed by atoms with E-state index in [1.807, 2.05) is 0 Å². The minimum absolute atomic E-state index is 0.798. The van der Waals surface area contributed by atoms with E-state index < -0.39 is 29.6 Å². The van der Waals surface area contributed by atoms with E-state index in [9.17, 15) is 35.5 Å². The fraction of sp³-hybridized carbons (Fsp3) is 0.667. The second-order valence-electron chi connectivity index (χ2n) is 3.84. The molecule has 0 heterocycles. The molecule has 0 amide bonds. The summed E-state index contributed by atoms with van der Waals surface area (Å²) in [6.07, 6.45) is -5.78. The first kappa shape index (κ1) is 16.7. The van der Waals surface area contributed by atoms with Crippen molar-refractivity contribution < 1.29 is 40.3 Å². The lowest BCUT2D eigenvalue weighted by atomic mass is 10.1. The van der Waals surface area contributed by atoms with Gasteiger partial charge in [-0.3, -0.25) is 0 Å². The minimum Gasteiger partial charge on any atom is -0.451 e. The van der Waals surface area contributed by atoms with E-state index in [2.05, 4.69) is 11.3 Å². The summed E-state index contributed by atoms with van der Waals surface area (Å²) >= 11 is 0. The van der Waals surface area contributed by atoms with Gasteiger partial charge in [-0.05, 0) is 19.9 Å². The van der Waals surface area contributed by atoms with Gasteiger partial charge in [-0.25, -0.2) is 4.79 Å². The molecule has 0 saturated heterocycles. The van der Waals surface area contributed by atoms with Crippen LogP contribution >= 0.6 is 0 Å². The molecule has 0 bridgehead atoms. The highest BCUT2D eigenvalue weighted by atomic mass is 19.4. The van der Waals surface area contributed by atoms with Crippen LogP contribution in [0.15, 0.2) is 12.7 Å². The van der Waals surface area contributed by atoms with Gasteiger partial charge in [0, 0.05) is 0 Å². The Bertz CT molecular complexity index is 343. The molecule has 0 aromatic rings. The molecule has 0 aliphatic heterocycles. The minimum atomic E-state index is -6.58. The monoisotopic (exact) mass is 282 g/mol. The van der Waals surface area contributed by atoms with Gasteiger partial charge in [-0.1, -0.05) is 6.58 Å². The number of esters is 1. The van der Waals surface area contributed by atoms with Crippen LogP contribution in [-0.2, 0) is 9.53 Å². The molecule has 0 rings (SSSR count). The predicted molar refractivity (Wildman–Crippen MR) is 46.3 cm³/mol. The number of hydrogen-bond donors (Lipinski definition) is 0. The SMILES string of the molecule is C=CC(C)(C)OC(=O)C(F)(F)C(F)(F)C(F)(F)F. The highest BCUT2D eigenvalue weighted by molar-refractivity contribution is 5.79. The van der Waals surface area contributed by atoms with Gasteiger partial charge >= 0.3 is 24.0 Å². The largest absolute Gasteiger partial charge is 0.460 e. The average Bonchev–Trinajstić information content (AvgIpc) is 2.15. The summed E-state index contributed by atoms with van der Waals surface area (Å²) in [7, 11) is 0. The summed E-state index contributed by atoms with van der Waals surface area (Å²) < 4.78 is 89.5. The molecule has 106 valence electrons. The highest BCUT2D eigenvalue weighted by Gasteiger charge is 2.77. The Morgan fingerprint density at radius 1 is 1.06 bits per heavy atom. The van der Waals surface area contributed by atoms with Crippen LogP contribution in [0.4, 0.5) is 30.7 Å². The van der Waals surface area contributed by atoms with Gasteiger partial charge in [0.1, 0.15) is 5.60 Å². The molecule has 0 radical (unpaired) electrons. The fourth-order valence-electron chi connectivity index (χ4n) is 0.651. The maximum Gasteiger partial charge on any atom is 0.460 e. The lowest BCUT2D eigenvalue weighted by Crippen LogP contribution is -2.57. The smallest absolute Gasteiger partial charge is 0.451 e. The van der Waals surface area contributed by atoms with Crippen LogP contribution in [0, 0.1) is 0 Å². The molecule has 0 spiro atoms. The molecule has 9 heteroatoms. The van der Waals surface area contributed by atoms with Crippen molar-refractivity contribution in [2.45, 2.75) is 37.5 Å². The van der Waals surface area contributed by atoms with E-state index >= 15 is 0 Å². The van der Waals surface area contributed by atoms with E-state index in [-0.39, 0.29) is 0 Å². The summed E-state index contributed by atoms with van der Waals surface area (Å²) in [6, 6.07) is 0. The number of hydrogen-bond acceptors (Lipinski definition) is 2. The summed E-state index contributed by atoms with van der Waals surface area (Å²) in [5.74, 6) is -15.5. The topological polar surface area (TPSA) is 26.3 Å². The molecule has 0 fully saturated rings. The van der Waals surface area contributed by atoms with Crippen molar-refractivity contribution in [3.05, 3.63) is 12.7 Å². The molecule has 0 aliphatic rings. The number of alkyl halides is 7. The molecule has 0 aromatic heterocycles. The van der Waals surface area contributed by atoms with Gasteiger partial charge in [0.25, 0.3) is 0 Å². The maximum atomic E-state index is 12.8. The molecule has 0 aliphatic carbocycles. The summed E-state index contributed by atoms with van der Waals surface area (Å²) in [4.78, 5) is 10.7. The van der Waals surface area contributed by atoms with E-state index in [4.69, 9.17) is 0 Å². The zero-order valence-corrected chi connectivity index (χ0v) is 9.25. The van der Waals surface area contributed by atoms with E-state index in [1.165, 1.54) is 0 Å². The Labute approximate surface area is 97.4 Å². The molecule has 2 nitrogen and oxygen atoms in total. The Morgan fingerprint density at radius 3 is 1.72 bits per heavy atom. The molecule has 0 atom stereocenters. The Morgan fingerprint density at radius 2 is 1.44 bits per heavy atom. The first-order chi connectivity index (χ1) is 7.69. The highest BCUT2D eigenvalue weighted by Crippen LogP contribution is 2.47. The molecule has 18 heavy (non-hydrogen) atoms. The van der Waals surface area contributed by atoms with Crippen molar-refractivity contribution in [2.75, 3.05) is 0 Å². The second kappa shape index (κ2) is 4.43. The van der Waals surface area contributed by atoms with Gasteiger partial charge in [0.15, 0.2) is 0 Å². The maximum absolute atomic E-state index is 12.8. The number of halogens is 7. The number of rotatable bonds is 4. The normalized spacial score (nSPS) is 14.3. The Balaban J connectivity index is 5.29. The predicted octanol–water partition coefficient (Wildman–Crippen LogP) is 3.33. The molecule has 0 N–H and O–H groups in total. The lowest BCUT2D eigenvalue weighted by Gasteiger charge is -2.29. The van der Waals surface area contributed by atoms with Crippen LogP contribution in [-0.4, -0.2) is 29.6 Å². The molecule has 0 aromatic carbocycles. The van der Waals surface area contributed by atoms with Crippen LogP contribution in [0.5, 0.6) is 0 Å². The average molecular weight is 282 g/mol. The number of carbonyl (C=O) groups is 1. The molecule has 0 unspecified atom stereocenters. The van der Waals surface area contributed by atoms with Gasteiger partial charge in [-0.2, -0.15) is 30.7 Å². The van der Waals surface area contributed by atoms with E-state index in [0.717, 1.165) is 19.9 Å². The van der Waals surface area contributed by atoms with Crippen molar-refractivity contribution in [1.29, 1.82) is 0 Å². The zero-order chi connectivity index (χ0) is 15.0. The van der Waals surface area contributed by atoms with E-state index in [1.54, 1.807) is 0 Å².